The fraction of sp³-hybridized carbons (Fsp3) is 0.364. The number of fused-ring (bicyclic) bond motifs is 1. The van der Waals surface area contributed by atoms with Crippen molar-refractivity contribution in [1.29, 1.82) is 0 Å². The summed E-state index contributed by atoms with van der Waals surface area (Å²) < 4.78 is 1.92. The maximum Gasteiger partial charge on any atom is 0.251 e. The Morgan fingerprint density at radius 3 is 2.54 bits per heavy atom. The van der Waals surface area contributed by atoms with Gasteiger partial charge in [-0.25, -0.2) is 0 Å². The van der Waals surface area contributed by atoms with E-state index < -0.39 is 0 Å². The van der Waals surface area contributed by atoms with Gasteiger partial charge in [0, 0.05) is 29.6 Å². The first kappa shape index (κ1) is 16.8. The quantitative estimate of drug-likeness (QED) is 0.752. The van der Waals surface area contributed by atoms with Gasteiger partial charge < -0.3 is 5.32 Å². The molecular formula is C22H25N3O. The third-order valence-corrected chi connectivity index (χ3v) is 5.45. The monoisotopic (exact) mass is 347 g/mol. The Labute approximate surface area is 154 Å². The largest absolute Gasteiger partial charge is 0.349 e. The van der Waals surface area contributed by atoms with Crippen molar-refractivity contribution in [2.75, 3.05) is 0 Å². The van der Waals surface area contributed by atoms with Crippen LogP contribution in [0.15, 0.2) is 42.5 Å². The highest BCUT2D eigenvalue weighted by atomic mass is 16.1. The van der Waals surface area contributed by atoms with E-state index in [4.69, 9.17) is 5.10 Å². The molecule has 0 unspecified atom stereocenters. The van der Waals surface area contributed by atoms with Gasteiger partial charge in [-0.1, -0.05) is 43.5 Å². The van der Waals surface area contributed by atoms with Crippen LogP contribution < -0.4 is 5.32 Å². The van der Waals surface area contributed by atoms with Gasteiger partial charge in [-0.05, 0) is 43.5 Å². The van der Waals surface area contributed by atoms with E-state index in [2.05, 4.69) is 30.4 Å². The molecule has 1 amide bonds. The normalized spacial score (nSPS) is 15.3. The molecule has 1 aliphatic rings. The van der Waals surface area contributed by atoms with Crippen molar-refractivity contribution in [2.45, 2.75) is 45.1 Å². The predicted octanol–water partition coefficient (Wildman–Crippen LogP) is 4.61. The van der Waals surface area contributed by atoms with Crippen molar-refractivity contribution >= 4 is 16.8 Å². The lowest BCUT2D eigenvalue weighted by molar-refractivity contribution is 0.0927. The number of amides is 1. The minimum Gasteiger partial charge on any atom is -0.349 e. The second-order valence-electron chi connectivity index (χ2n) is 7.33. The molecule has 0 aliphatic heterocycles. The van der Waals surface area contributed by atoms with Crippen LogP contribution in [0.25, 0.3) is 22.2 Å². The van der Waals surface area contributed by atoms with Crippen molar-refractivity contribution in [3.63, 3.8) is 0 Å². The van der Waals surface area contributed by atoms with Crippen molar-refractivity contribution in [3.05, 3.63) is 53.6 Å². The average molecular weight is 347 g/mol. The number of rotatable bonds is 3. The lowest BCUT2D eigenvalue weighted by Gasteiger charge is -2.22. The Balaban J connectivity index is 1.59. The van der Waals surface area contributed by atoms with Crippen molar-refractivity contribution < 1.29 is 4.79 Å². The van der Waals surface area contributed by atoms with Crippen LogP contribution in [0, 0.1) is 6.92 Å². The molecule has 1 N–H and O–H groups in total. The van der Waals surface area contributed by atoms with Gasteiger partial charge in [0.25, 0.3) is 5.91 Å². The first-order valence-corrected chi connectivity index (χ1v) is 9.47. The number of benzene rings is 2. The number of hydrogen-bond donors (Lipinski definition) is 1. The van der Waals surface area contributed by atoms with Crippen LogP contribution in [-0.4, -0.2) is 21.7 Å². The molecule has 1 aliphatic carbocycles. The number of hydrogen-bond acceptors (Lipinski definition) is 2. The SMILES string of the molecule is Cc1cccc2c1c(-c1ccc(C(=O)NC3CCCCC3)cc1)nn2C. The summed E-state index contributed by atoms with van der Waals surface area (Å²) in [6.07, 6.45) is 5.93. The van der Waals surface area contributed by atoms with Gasteiger partial charge in [-0.3, -0.25) is 9.48 Å². The zero-order valence-electron chi connectivity index (χ0n) is 15.5. The van der Waals surface area contributed by atoms with Crippen molar-refractivity contribution in [2.24, 2.45) is 7.05 Å². The first-order chi connectivity index (χ1) is 12.6. The Morgan fingerprint density at radius 1 is 1.08 bits per heavy atom. The van der Waals surface area contributed by atoms with Crippen molar-refractivity contribution in [1.82, 2.24) is 15.1 Å². The van der Waals surface area contributed by atoms with Crippen LogP contribution in [0.3, 0.4) is 0 Å². The third kappa shape index (κ3) is 3.12. The highest BCUT2D eigenvalue weighted by molar-refractivity contribution is 5.98. The minimum absolute atomic E-state index is 0.0329. The third-order valence-electron chi connectivity index (χ3n) is 5.45. The number of nitrogens with one attached hydrogen (secondary N) is 1. The molecule has 4 heteroatoms. The summed E-state index contributed by atoms with van der Waals surface area (Å²) in [6.45, 7) is 2.11. The molecule has 2 aromatic carbocycles. The Bertz CT molecular complexity index is 934. The van der Waals surface area contributed by atoms with E-state index in [0.717, 1.165) is 35.2 Å². The van der Waals surface area contributed by atoms with Crippen LogP contribution in [0.2, 0.25) is 0 Å². The highest BCUT2D eigenvalue weighted by Gasteiger charge is 2.17. The molecule has 0 bridgehead atoms. The van der Waals surface area contributed by atoms with Crippen LogP contribution in [0.1, 0.15) is 48.0 Å². The number of aromatic nitrogens is 2. The van der Waals surface area contributed by atoms with E-state index in [0.29, 0.717) is 6.04 Å². The summed E-state index contributed by atoms with van der Waals surface area (Å²) in [5.41, 5.74) is 5.07. The number of aryl methyl sites for hydroxylation is 2. The summed E-state index contributed by atoms with van der Waals surface area (Å²) in [5.74, 6) is 0.0329. The molecule has 1 aromatic heterocycles. The van der Waals surface area contributed by atoms with E-state index in [-0.39, 0.29) is 5.91 Å². The molecule has 1 fully saturated rings. The van der Waals surface area contributed by atoms with Crippen LogP contribution >= 0.6 is 0 Å². The van der Waals surface area contributed by atoms with Gasteiger partial charge >= 0.3 is 0 Å². The fourth-order valence-corrected chi connectivity index (χ4v) is 3.98. The smallest absolute Gasteiger partial charge is 0.251 e. The molecule has 1 saturated carbocycles. The molecule has 134 valence electrons. The van der Waals surface area contributed by atoms with E-state index in [1.807, 2.05) is 36.0 Å². The lowest BCUT2D eigenvalue weighted by atomic mass is 9.95. The Hall–Kier alpha value is -2.62. The van der Waals surface area contributed by atoms with Gasteiger partial charge in [0.05, 0.1) is 5.52 Å². The zero-order valence-corrected chi connectivity index (χ0v) is 15.5. The van der Waals surface area contributed by atoms with E-state index >= 15 is 0 Å². The first-order valence-electron chi connectivity index (χ1n) is 9.47. The topological polar surface area (TPSA) is 46.9 Å². The zero-order chi connectivity index (χ0) is 18.1. The summed E-state index contributed by atoms with van der Waals surface area (Å²) in [5, 5.41) is 9.06. The van der Waals surface area contributed by atoms with Crippen LogP contribution in [-0.2, 0) is 7.05 Å². The summed E-state index contributed by atoms with van der Waals surface area (Å²) in [4.78, 5) is 12.5. The molecule has 0 spiro atoms. The molecule has 26 heavy (non-hydrogen) atoms. The van der Waals surface area contributed by atoms with E-state index in [9.17, 15) is 4.79 Å². The predicted molar refractivity (Wildman–Crippen MR) is 105 cm³/mol. The minimum atomic E-state index is 0.0329. The molecule has 4 nitrogen and oxygen atoms in total. The van der Waals surface area contributed by atoms with Crippen molar-refractivity contribution in [3.8, 4) is 11.3 Å². The van der Waals surface area contributed by atoms with Gasteiger partial charge in [0.1, 0.15) is 5.69 Å². The fourth-order valence-electron chi connectivity index (χ4n) is 3.98. The maximum absolute atomic E-state index is 12.5. The number of carbonyl (C=O) groups excluding carboxylic acids is 1. The number of carbonyl (C=O) groups is 1. The standard InChI is InChI=1S/C22H25N3O/c1-15-7-6-10-19-20(15)21(24-25(19)2)16-11-13-17(14-12-16)22(26)23-18-8-4-3-5-9-18/h6-7,10-14,18H,3-5,8-9H2,1-2H3,(H,23,26). The lowest BCUT2D eigenvalue weighted by Crippen LogP contribution is -2.36. The molecule has 0 radical (unpaired) electrons. The Morgan fingerprint density at radius 2 is 1.81 bits per heavy atom. The second kappa shape index (κ2) is 6.94. The van der Waals surface area contributed by atoms with Gasteiger partial charge in [0.2, 0.25) is 0 Å². The number of nitrogens with zero attached hydrogens (tertiary/aromatic N) is 2. The van der Waals surface area contributed by atoms with Gasteiger partial charge in [0.15, 0.2) is 0 Å². The molecular weight excluding hydrogens is 322 g/mol. The Kier molecular flexibility index (Phi) is 4.49. The summed E-state index contributed by atoms with van der Waals surface area (Å²) in [7, 11) is 1.97. The van der Waals surface area contributed by atoms with Crippen LogP contribution in [0.4, 0.5) is 0 Å². The molecule has 0 saturated heterocycles. The summed E-state index contributed by atoms with van der Waals surface area (Å²) >= 11 is 0. The molecule has 0 atom stereocenters. The highest BCUT2D eigenvalue weighted by Crippen LogP contribution is 2.30. The summed E-state index contributed by atoms with van der Waals surface area (Å²) in [6, 6.07) is 14.4. The second-order valence-corrected chi connectivity index (χ2v) is 7.33. The maximum atomic E-state index is 12.5. The van der Waals surface area contributed by atoms with Gasteiger partial charge in [-0.15, -0.1) is 0 Å². The van der Waals surface area contributed by atoms with Gasteiger partial charge in [-0.2, -0.15) is 5.10 Å². The van der Waals surface area contributed by atoms with E-state index in [1.54, 1.807) is 0 Å². The van der Waals surface area contributed by atoms with E-state index in [1.165, 1.54) is 30.2 Å². The molecule has 4 rings (SSSR count). The molecule has 3 aromatic rings. The molecule has 1 heterocycles. The average Bonchev–Trinajstić information content (AvgIpc) is 3.01. The van der Waals surface area contributed by atoms with Crippen LogP contribution in [0.5, 0.6) is 0 Å².